The van der Waals surface area contributed by atoms with Crippen LogP contribution in [0.5, 0.6) is 11.5 Å². The molecule has 158 valence electrons. The van der Waals surface area contributed by atoms with E-state index in [1.807, 2.05) is 54.7 Å². The normalized spacial score (nSPS) is 11.1. The molecule has 0 radical (unpaired) electrons. The van der Waals surface area contributed by atoms with Crippen LogP contribution in [0.25, 0.3) is 28.6 Å². The molecule has 1 aromatic heterocycles. The second kappa shape index (κ2) is 9.19. The summed E-state index contributed by atoms with van der Waals surface area (Å²) in [5.41, 5.74) is 4.12. The van der Waals surface area contributed by atoms with Crippen LogP contribution in [0.3, 0.4) is 0 Å². The van der Waals surface area contributed by atoms with Crippen molar-refractivity contribution in [1.29, 1.82) is 5.26 Å². The molecule has 1 heterocycles. The van der Waals surface area contributed by atoms with E-state index < -0.39 is 0 Å². The summed E-state index contributed by atoms with van der Waals surface area (Å²) in [4.78, 5) is 0. The highest BCUT2D eigenvalue weighted by atomic mass is 19.1. The number of benzene rings is 3. The number of methoxy groups -OCH3 is 2. The van der Waals surface area contributed by atoms with Gasteiger partial charge in [-0.1, -0.05) is 30.3 Å². The van der Waals surface area contributed by atoms with E-state index in [1.165, 1.54) is 12.1 Å². The number of hydrogen-bond donors (Lipinski definition) is 0. The molecule has 4 aromatic rings. The summed E-state index contributed by atoms with van der Waals surface area (Å²) in [6, 6.07) is 23.3. The van der Waals surface area contributed by atoms with Crippen molar-refractivity contribution in [1.82, 2.24) is 9.78 Å². The monoisotopic (exact) mass is 425 g/mol. The van der Waals surface area contributed by atoms with Crippen LogP contribution in [-0.4, -0.2) is 24.0 Å². The average Bonchev–Trinajstić information content (AvgIpc) is 3.27. The van der Waals surface area contributed by atoms with Crippen LogP contribution in [-0.2, 0) is 0 Å². The van der Waals surface area contributed by atoms with Crippen molar-refractivity contribution in [2.24, 2.45) is 0 Å². The Hall–Kier alpha value is -4.37. The van der Waals surface area contributed by atoms with Gasteiger partial charge < -0.3 is 9.47 Å². The summed E-state index contributed by atoms with van der Waals surface area (Å²) in [6.45, 7) is 0. The number of allylic oxidation sites excluding steroid dienone is 1. The van der Waals surface area contributed by atoms with Gasteiger partial charge in [-0.3, -0.25) is 0 Å². The SMILES string of the molecule is COc1ccc(-c2nn(-c3ccccc3)cc2C=C(C#N)c2ccc(F)cc2)cc1OC. The van der Waals surface area contributed by atoms with E-state index in [4.69, 9.17) is 14.6 Å². The van der Waals surface area contributed by atoms with Crippen molar-refractivity contribution in [3.8, 4) is 34.5 Å². The van der Waals surface area contributed by atoms with E-state index >= 15 is 0 Å². The predicted molar refractivity (Wildman–Crippen MR) is 122 cm³/mol. The van der Waals surface area contributed by atoms with Crippen LogP contribution < -0.4 is 9.47 Å². The Morgan fingerprint density at radius 1 is 0.969 bits per heavy atom. The minimum absolute atomic E-state index is 0.353. The number of aromatic nitrogens is 2. The zero-order valence-corrected chi connectivity index (χ0v) is 17.6. The number of para-hydroxylation sites is 1. The molecule has 0 saturated heterocycles. The highest BCUT2D eigenvalue weighted by Gasteiger charge is 2.15. The lowest BCUT2D eigenvalue weighted by Crippen LogP contribution is -1.95. The Morgan fingerprint density at radius 3 is 2.34 bits per heavy atom. The Balaban J connectivity index is 1.88. The van der Waals surface area contributed by atoms with E-state index in [0.717, 1.165) is 16.8 Å². The Labute approximate surface area is 185 Å². The molecule has 4 rings (SSSR count). The average molecular weight is 425 g/mol. The van der Waals surface area contributed by atoms with Crippen molar-refractivity contribution in [2.45, 2.75) is 0 Å². The molecular formula is C26H20FN3O2. The topological polar surface area (TPSA) is 60.1 Å². The smallest absolute Gasteiger partial charge is 0.161 e. The van der Waals surface area contributed by atoms with Gasteiger partial charge >= 0.3 is 0 Å². The van der Waals surface area contributed by atoms with Gasteiger partial charge in [-0.2, -0.15) is 10.4 Å². The Bertz CT molecular complexity index is 1300. The maximum atomic E-state index is 13.4. The van der Waals surface area contributed by atoms with Crippen molar-refractivity contribution in [3.63, 3.8) is 0 Å². The van der Waals surface area contributed by atoms with Gasteiger partial charge in [0.2, 0.25) is 0 Å². The molecular weight excluding hydrogens is 405 g/mol. The minimum atomic E-state index is -0.353. The number of hydrogen-bond acceptors (Lipinski definition) is 4. The maximum absolute atomic E-state index is 13.4. The number of nitriles is 1. The minimum Gasteiger partial charge on any atom is -0.493 e. The standard InChI is InChI=1S/C26H20FN3O2/c1-31-24-13-10-19(15-25(24)32-2)26-21(17-30(29-26)23-6-4-3-5-7-23)14-20(16-28)18-8-11-22(27)12-9-18/h3-15,17H,1-2H3. The van der Waals surface area contributed by atoms with E-state index in [9.17, 15) is 9.65 Å². The Morgan fingerprint density at radius 2 is 1.69 bits per heavy atom. The lowest BCUT2D eigenvalue weighted by Gasteiger charge is -2.09. The van der Waals surface area contributed by atoms with Gasteiger partial charge in [0.1, 0.15) is 11.5 Å². The molecule has 0 amide bonds. The molecule has 0 atom stereocenters. The summed E-state index contributed by atoms with van der Waals surface area (Å²) in [6.07, 6.45) is 3.62. The lowest BCUT2D eigenvalue weighted by atomic mass is 10.0. The molecule has 0 aliphatic heterocycles. The third-order valence-corrected chi connectivity index (χ3v) is 5.00. The third-order valence-electron chi connectivity index (χ3n) is 5.00. The zero-order valence-electron chi connectivity index (χ0n) is 17.6. The Kier molecular flexibility index (Phi) is 6.00. The maximum Gasteiger partial charge on any atom is 0.161 e. The van der Waals surface area contributed by atoms with Crippen LogP contribution in [0.4, 0.5) is 4.39 Å². The summed E-state index contributed by atoms with van der Waals surface area (Å²) in [7, 11) is 3.16. The number of nitrogens with zero attached hydrogens (tertiary/aromatic N) is 3. The van der Waals surface area contributed by atoms with Gasteiger partial charge in [-0.05, 0) is 54.1 Å². The predicted octanol–water partition coefficient (Wildman–Crippen LogP) is 5.76. The zero-order chi connectivity index (χ0) is 22.5. The first kappa shape index (κ1) is 20.9. The molecule has 32 heavy (non-hydrogen) atoms. The molecule has 0 aliphatic carbocycles. The largest absolute Gasteiger partial charge is 0.493 e. The van der Waals surface area contributed by atoms with E-state index in [2.05, 4.69) is 6.07 Å². The first-order chi connectivity index (χ1) is 15.6. The first-order valence-corrected chi connectivity index (χ1v) is 9.88. The third kappa shape index (κ3) is 4.23. The van der Waals surface area contributed by atoms with Gasteiger partial charge in [-0.25, -0.2) is 9.07 Å². The molecule has 0 spiro atoms. The van der Waals surface area contributed by atoms with Crippen LogP contribution in [0.2, 0.25) is 0 Å². The van der Waals surface area contributed by atoms with Gasteiger partial charge in [0.05, 0.1) is 31.5 Å². The molecule has 0 fully saturated rings. The van der Waals surface area contributed by atoms with Crippen LogP contribution >= 0.6 is 0 Å². The molecule has 0 aliphatic rings. The van der Waals surface area contributed by atoms with Crippen molar-refractivity contribution in [2.75, 3.05) is 14.2 Å². The fraction of sp³-hybridized carbons (Fsp3) is 0.0769. The van der Waals surface area contributed by atoms with Crippen molar-refractivity contribution < 1.29 is 13.9 Å². The molecule has 5 nitrogen and oxygen atoms in total. The second-order valence-corrected chi connectivity index (χ2v) is 6.96. The van der Waals surface area contributed by atoms with Crippen molar-refractivity contribution >= 4 is 11.6 Å². The molecule has 0 N–H and O–H groups in total. The summed E-state index contributed by atoms with van der Waals surface area (Å²) >= 11 is 0. The molecule has 6 heteroatoms. The van der Waals surface area contributed by atoms with Gasteiger partial charge in [0, 0.05) is 17.3 Å². The summed E-state index contributed by atoms with van der Waals surface area (Å²) in [5.74, 6) is 0.835. The molecule has 0 bridgehead atoms. The fourth-order valence-corrected chi connectivity index (χ4v) is 3.38. The quantitative estimate of drug-likeness (QED) is 0.369. The van der Waals surface area contributed by atoms with Gasteiger partial charge in [-0.15, -0.1) is 0 Å². The number of ether oxygens (including phenoxy) is 2. The molecule has 3 aromatic carbocycles. The second-order valence-electron chi connectivity index (χ2n) is 6.96. The van der Waals surface area contributed by atoms with Crippen LogP contribution in [0.1, 0.15) is 11.1 Å². The van der Waals surface area contributed by atoms with Gasteiger partial charge in [0.25, 0.3) is 0 Å². The fourth-order valence-electron chi connectivity index (χ4n) is 3.38. The first-order valence-electron chi connectivity index (χ1n) is 9.88. The highest BCUT2D eigenvalue weighted by Crippen LogP contribution is 2.34. The molecule has 0 unspecified atom stereocenters. The lowest BCUT2D eigenvalue weighted by molar-refractivity contribution is 0.355. The molecule has 0 saturated carbocycles. The summed E-state index contributed by atoms with van der Waals surface area (Å²) < 4.78 is 25.9. The van der Waals surface area contributed by atoms with E-state index in [-0.39, 0.29) is 5.82 Å². The number of halogens is 1. The van der Waals surface area contributed by atoms with E-state index in [1.54, 1.807) is 37.1 Å². The number of rotatable bonds is 6. The van der Waals surface area contributed by atoms with Gasteiger partial charge in [0.15, 0.2) is 11.5 Å². The highest BCUT2D eigenvalue weighted by molar-refractivity contribution is 5.92. The van der Waals surface area contributed by atoms with E-state index in [0.29, 0.717) is 28.3 Å². The summed E-state index contributed by atoms with van der Waals surface area (Å²) in [5, 5.41) is 14.6. The van der Waals surface area contributed by atoms with Crippen molar-refractivity contribution in [3.05, 3.63) is 95.9 Å². The van der Waals surface area contributed by atoms with Crippen LogP contribution in [0, 0.1) is 17.1 Å². The van der Waals surface area contributed by atoms with Crippen LogP contribution in [0.15, 0.2) is 79.0 Å².